The first-order valence-corrected chi connectivity index (χ1v) is 13.3. The lowest BCUT2D eigenvalue weighted by atomic mass is 9.87. The van der Waals surface area contributed by atoms with Gasteiger partial charge in [0.05, 0.1) is 0 Å². The van der Waals surface area contributed by atoms with E-state index in [-0.39, 0.29) is 24.2 Å². The fraction of sp³-hybridized carbons (Fsp3) is 0.344. The molecule has 0 spiro atoms. The number of halogens is 1. The van der Waals surface area contributed by atoms with Gasteiger partial charge in [0.15, 0.2) is 0 Å². The molecule has 1 atom stereocenters. The van der Waals surface area contributed by atoms with Crippen molar-refractivity contribution in [1.82, 2.24) is 4.57 Å². The SMILES string of the molecule is Cc1cccc(C(CC(=O)Nc2ccc(CN)cc2)c2cn(CC3CCCCC3)c3ccccc23)c1.Cl. The van der Waals surface area contributed by atoms with Crippen LogP contribution in [0.5, 0.6) is 0 Å². The second-order valence-electron chi connectivity index (χ2n) is 10.4. The summed E-state index contributed by atoms with van der Waals surface area (Å²) in [6.45, 7) is 3.67. The molecule has 3 aromatic carbocycles. The number of anilines is 1. The minimum atomic E-state index is -0.0225. The lowest BCUT2D eigenvalue weighted by Gasteiger charge is -2.22. The Balaban J connectivity index is 0.00000320. The average Bonchev–Trinajstić information content (AvgIpc) is 3.26. The third kappa shape index (κ3) is 6.44. The number of rotatable bonds is 8. The number of nitrogens with two attached hydrogens (primary N) is 1. The van der Waals surface area contributed by atoms with E-state index in [9.17, 15) is 4.79 Å². The van der Waals surface area contributed by atoms with E-state index in [2.05, 4.69) is 71.5 Å². The van der Waals surface area contributed by atoms with Gasteiger partial charge in [-0.3, -0.25) is 4.79 Å². The van der Waals surface area contributed by atoms with Crippen LogP contribution in [0.25, 0.3) is 10.9 Å². The summed E-state index contributed by atoms with van der Waals surface area (Å²) in [6, 6.07) is 25.1. The summed E-state index contributed by atoms with van der Waals surface area (Å²) in [5, 5.41) is 4.36. The number of aromatic nitrogens is 1. The molecule has 3 N–H and O–H groups in total. The van der Waals surface area contributed by atoms with Crippen molar-refractivity contribution in [3.8, 4) is 0 Å². The molecule has 5 rings (SSSR count). The van der Waals surface area contributed by atoms with E-state index in [1.165, 1.54) is 59.7 Å². The summed E-state index contributed by atoms with van der Waals surface area (Å²) >= 11 is 0. The van der Waals surface area contributed by atoms with E-state index in [4.69, 9.17) is 5.73 Å². The van der Waals surface area contributed by atoms with Crippen LogP contribution in [0.15, 0.2) is 79.0 Å². The Morgan fingerprint density at radius 2 is 1.76 bits per heavy atom. The highest BCUT2D eigenvalue weighted by Crippen LogP contribution is 2.36. The number of benzene rings is 3. The number of carbonyl (C=O) groups excluding carboxylic acids is 1. The molecule has 1 aliphatic rings. The topological polar surface area (TPSA) is 60.1 Å². The molecule has 4 nitrogen and oxygen atoms in total. The fourth-order valence-corrected chi connectivity index (χ4v) is 5.77. The first-order valence-electron chi connectivity index (χ1n) is 13.3. The van der Waals surface area contributed by atoms with Crippen LogP contribution in [0.3, 0.4) is 0 Å². The van der Waals surface area contributed by atoms with Gasteiger partial charge in [-0.05, 0) is 60.6 Å². The largest absolute Gasteiger partial charge is 0.347 e. The number of fused-ring (bicyclic) bond motifs is 1. The number of hydrogen-bond donors (Lipinski definition) is 2. The number of aryl methyl sites for hydroxylation is 1. The van der Waals surface area contributed by atoms with E-state index in [1.54, 1.807) is 0 Å². The van der Waals surface area contributed by atoms with E-state index in [1.807, 2.05) is 24.3 Å². The van der Waals surface area contributed by atoms with Crippen LogP contribution >= 0.6 is 12.4 Å². The quantitative estimate of drug-likeness (QED) is 0.254. The van der Waals surface area contributed by atoms with Gasteiger partial charge in [0, 0.05) is 48.2 Å². The van der Waals surface area contributed by atoms with Crippen molar-refractivity contribution in [1.29, 1.82) is 0 Å². The molecule has 5 heteroatoms. The Morgan fingerprint density at radius 1 is 1.00 bits per heavy atom. The maximum absolute atomic E-state index is 13.3. The number of nitrogens with one attached hydrogen (secondary N) is 1. The molecule has 1 fully saturated rings. The van der Waals surface area contributed by atoms with Gasteiger partial charge < -0.3 is 15.6 Å². The molecule has 194 valence electrons. The zero-order valence-corrected chi connectivity index (χ0v) is 22.5. The maximum atomic E-state index is 13.3. The van der Waals surface area contributed by atoms with Gasteiger partial charge in [-0.1, -0.05) is 79.4 Å². The van der Waals surface area contributed by atoms with Crippen molar-refractivity contribution in [2.75, 3.05) is 5.32 Å². The third-order valence-electron chi connectivity index (χ3n) is 7.68. The van der Waals surface area contributed by atoms with Gasteiger partial charge in [-0.2, -0.15) is 0 Å². The van der Waals surface area contributed by atoms with Crippen molar-refractivity contribution in [2.24, 2.45) is 11.7 Å². The first kappa shape index (κ1) is 27.0. The van der Waals surface area contributed by atoms with Crippen molar-refractivity contribution in [3.63, 3.8) is 0 Å². The van der Waals surface area contributed by atoms with Crippen LogP contribution < -0.4 is 11.1 Å². The Labute approximate surface area is 226 Å². The predicted molar refractivity (Wildman–Crippen MR) is 156 cm³/mol. The van der Waals surface area contributed by atoms with Crippen molar-refractivity contribution >= 4 is 34.9 Å². The summed E-state index contributed by atoms with van der Waals surface area (Å²) in [4.78, 5) is 13.3. The van der Waals surface area contributed by atoms with Crippen LogP contribution in [0.4, 0.5) is 5.69 Å². The first-order chi connectivity index (χ1) is 17.6. The van der Waals surface area contributed by atoms with Crippen LogP contribution in [0, 0.1) is 12.8 Å². The molecule has 1 amide bonds. The van der Waals surface area contributed by atoms with Gasteiger partial charge in [-0.15, -0.1) is 12.4 Å². The molecule has 4 aromatic rings. The number of amides is 1. The number of nitrogens with zero attached hydrogens (tertiary/aromatic N) is 1. The monoisotopic (exact) mass is 515 g/mol. The summed E-state index contributed by atoms with van der Waals surface area (Å²) in [5.41, 5.74) is 12.5. The number of hydrogen-bond acceptors (Lipinski definition) is 2. The zero-order valence-electron chi connectivity index (χ0n) is 21.7. The number of para-hydroxylation sites is 1. The average molecular weight is 516 g/mol. The molecular weight excluding hydrogens is 478 g/mol. The molecule has 37 heavy (non-hydrogen) atoms. The fourth-order valence-electron chi connectivity index (χ4n) is 5.77. The normalized spacial score (nSPS) is 14.8. The van der Waals surface area contributed by atoms with Crippen molar-refractivity contribution in [2.45, 2.75) is 64.5 Å². The summed E-state index contributed by atoms with van der Waals surface area (Å²) in [6.07, 6.45) is 9.40. The van der Waals surface area contributed by atoms with Crippen molar-refractivity contribution < 1.29 is 4.79 Å². The zero-order chi connectivity index (χ0) is 24.9. The Bertz CT molecular complexity index is 1320. The van der Waals surface area contributed by atoms with Crippen LogP contribution in [0.1, 0.15) is 66.7 Å². The maximum Gasteiger partial charge on any atom is 0.225 e. The molecule has 1 aromatic heterocycles. The van der Waals surface area contributed by atoms with E-state index < -0.39 is 0 Å². The molecule has 1 unspecified atom stereocenters. The standard InChI is InChI=1S/C32H37N3O.ClH/c1-23-8-7-11-26(18-23)29(19-32(36)34-27-16-14-24(20-33)15-17-27)30-22-35(21-25-9-3-2-4-10-25)31-13-6-5-12-28(30)31;/h5-8,11-18,22,25,29H,2-4,9-10,19-21,33H2,1H3,(H,34,36);1H. The molecule has 0 radical (unpaired) electrons. The lowest BCUT2D eigenvalue weighted by molar-refractivity contribution is -0.116. The van der Waals surface area contributed by atoms with Crippen molar-refractivity contribution in [3.05, 3.63) is 101 Å². The minimum absolute atomic E-state index is 0. The van der Waals surface area contributed by atoms with E-state index in [0.29, 0.717) is 13.0 Å². The van der Waals surface area contributed by atoms with Gasteiger partial charge in [0.2, 0.25) is 5.91 Å². The second kappa shape index (κ2) is 12.4. The predicted octanol–water partition coefficient (Wildman–Crippen LogP) is 7.57. The highest BCUT2D eigenvalue weighted by molar-refractivity contribution is 5.93. The van der Waals surface area contributed by atoms with E-state index in [0.717, 1.165) is 23.7 Å². The van der Waals surface area contributed by atoms with Crippen LogP contribution in [0.2, 0.25) is 0 Å². The van der Waals surface area contributed by atoms with E-state index >= 15 is 0 Å². The third-order valence-corrected chi connectivity index (χ3v) is 7.68. The molecule has 1 aliphatic carbocycles. The highest BCUT2D eigenvalue weighted by atomic mass is 35.5. The lowest BCUT2D eigenvalue weighted by Crippen LogP contribution is -2.17. The summed E-state index contributed by atoms with van der Waals surface area (Å²) in [7, 11) is 0. The van der Waals surface area contributed by atoms with Gasteiger partial charge in [-0.25, -0.2) is 0 Å². The second-order valence-corrected chi connectivity index (χ2v) is 10.4. The molecule has 1 heterocycles. The molecule has 1 saturated carbocycles. The summed E-state index contributed by atoms with van der Waals surface area (Å²) in [5.74, 6) is 0.733. The molecule has 0 aliphatic heterocycles. The molecule has 0 bridgehead atoms. The smallest absolute Gasteiger partial charge is 0.225 e. The highest BCUT2D eigenvalue weighted by Gasteiger charge is 2.24. The Morgan fingerprint density at radius 3 is 2.49 bits per heavy atom. The molecular formula is C32H38ClN3O. The Hall–Kier alpha value is -3.08. The van der Waals surface area contributed by atoms with Gasteiger partial charge >= 0.3 is 0 Å². The van der Waals surface area contributed by atoms with Gasteiger partial charge in [0.25, 0.3) is 0 Å². The van der Waals surface area contributed by atoms with Gasteiger partial charge in [0.1, 0.15) is 0 Å². The van der Waals surface area contributed by atoms with Crippen LogP contribution in [-0.4, -0.2) is 10.5 Å². The summed E-state index contributed by atoms with van der Waals surface area (Å²) < 4.78 is 2.45. The van der Waals surface area contributed by atoms with Crippen LogP contribution in [-0.2, 0) is 17.9 Å². The molecule has 0 saturated heterocycles. The Kier molecular flexibility index (Phi) is 9.07. The number of carbonyl (C=O) groups is 1. The minimum Gasteiger partial charge on any atom is -0.347 e.